The molecule has 13 heteroatoms. The third-order valence-electron chi connectivity index (χ3n) is 8.22. The van der Waals surface area contributed by atoms with Crippen molar-refractivity contribution >= 4 is 17.3 Å². The van der Waals surface area contributed by atoms with Gasteiger partial charge in [0.25, 0.3) is 0 Å². The van der Waals surface area contributed by atoms with Crippen LogP contribution < -0.4 is 10.1 Å². The lowest BCUT2D eigenvalue weighted by molar-refractivity contribution is -0.251. The number of carbonyl (C=O) groups excluding carboxylic acids is 3. The number of fused-ring (bicyclic) bond motifs is 3. The van der Waals surface area contributed by atoms with Gasteiger partial charge in [0.15, 0.2) is 17.9 Å². The summed E-state index contributed by atoms with van der Waals surface area (Å²) in [4.78, 5) is 40.0. The van der Waals surface area contributed by atoms with Crippen molar-refractivity contribution in [3.8, 4) is 17.2 Å². The van der Waals surface area contributed by atoms with Crippen LogP contribution in [0.3, 0.4) is 0 Å². The van der Waals surface area contributed by atoms with E-state index >= 15 is 0 Å². The molecule has 0 bridgehead atoms. The van der Waals surface area contributed by atoms with Gasteiger partial charge in [0, 0.05) is 42.0 Å². The molecule has 42 heavy (non-hydrogen) atoms. The summed E-state index contributed by atoms with van der Waals surface area (Å²) in [5.41, 5.74) is -3.76. The summed E-state index contributed by atoms with van der Waals surface area (Å²) >= 11 is 0. The SMILES string of the molecule is COc1cccc2c1C(=O)c1c(O)c3c(c(O)c1C2=O)C[C@@](O)(C(=O)CO)C[C@@H]3OC1CC(NC(C)O)C(O)C(C)O1. The zero-order chi connectivity index (χ0) is 30.7. The normalized spacial score (nSPS) is 29.4. The fourth-order valence-corrected chi connectivity index (χ4v) is 6.19. The van der Waals surface area contributed by atoms with E-state index in [4.69, 9.17) is 14.2 Å². The van der Waals surface area contributed by atoms with Crippen molar-refractivity contribution < 1.29 is 59.2 Å². The van der Waals surface area contributed by atoms with Gasteiger partial charge in [-0.25, -0.2) is 0 Å². The van der Waals surface area contributed by atoms with Crippen LogP contribution in [0.2, 0.25) is 0 Å². The summed E-state index contributed by atoms with van der Waals surface area (Å²) in [6.45, 7) is 2.01. The fourth-order valence-electron chi connectivity index (χ4n) is 6.19. The zero-order valence-electron chi connectivity index (χ0n) is 23.2. The molecule has 0 saturated carbocycles. The number of rotatable bonds is 7. The first-order valence-corrected chi connectivity index (χ1v) is 13.5. The molecule has 7 atom stereocenters. The van der Waals surface area contributed by atoms with Crippen molar-refractivity contribution in [3.63, 3.8) is 0 Å². The second-order valence-corrected chi connectivity index (χ2v) is 10.9. The van der Waals surface area contributed by atoms with Crippen LogP contribution in [0.15, 0.2) is 18.2 Å². The number of aliphatic hydroxyl groups is 4. The van der Waals surface area contributed by atoms with Gasteiger partial charge >= 0.3 is 0 Å². The molecular formula is C29H33NO12. The Morgan fingerprint density at radius 3 is 2.50 bits per heavy atom. The molecule has 0 aromatic heterocycles. The molecule has 1 fully saturated rings. The first kappa shape index (κ1) is 30.0. The van der Waals surface area contributed by atoms with Crippen LogP contribution in [0.25, 0.3) is 0 Å². The maximum atomic E-state index is 13.7. The molecule has 2 aromatic carbocycles. The highest BCUT2D eigenvalue weighted by Crippen LogP contribution is 2.52. The van der Waals surface area contributed by atoms with E-state index < -0.39 is 102 Å². The summed E-state index contributed by atoms with van der Waals surface area (Å²) < 4.78 is 17.2. The second-order valence-electron chi connectivity index (χ2n) is 10.9. The number of methoxy groups -OCH3 is 1. The standard InChI is InChI=1S/C29H33NO12/c1-11-24(34)15(30-12(2)32)7-19(41-11)42-17-9-29(39,18(33)10-31)8-14-21(17)28(38)23-22(26(14)36)25(35)13-5-4-6-16(40-3)20(13)27(23)37/h4-6,11-12,15,17,19,24,30-32,34,36,38-39H,7-10H2,1-3H3/t11?,12?,15?,17-,19?,24?,29-/m0/s1. The van der Waals surface area contributed by atoms with Crippen molar-refractivity contribution in [2.24, 2.45) is 0 Å². The van der Waals surface area contributed by atoms with E-state index in [1.54, 1.807) is 6.92 Å². The number of ether oxygens (including phenoxy) is 3. The van der Waals surface area contributed by atoms with Gasteiger partial charge in [-0.3, -0.25) is 19.7 Å². The Hall–Kier alpha value is -3.43. The minimum absolute atomic E-state index is 0.00566. The van der Waals surface area contributed by atoms with Crippen LogP contribution >= 0.6 is 0 Å². The van der Waals surface area contributed by atoms with Crippen LogP contribution in [0, 0.1) is 0 Å². The van der Waals surface area contributed by atoms with Crippen LogP contribution in [-0.2, 0) is 20.7 Å². The zero-order valence-corrected chi connectivity index (χ0v) is 23.2. The molecule has 7 N–H and O–H groups in total. The number of phenols is 2. The van der Waals surface area contributed by atoms with Crippen LogP contribution in [0.1, 0.15) is 75.8 Å². The Balaban J connectivity index is 1.65. The fraction of sp³-hybridized carbons (Fsp3) is 0.483. The van der Waals surface area contributed by atoms with E-state index in [0.29, 0.717) is 0 Å². The Labute approximate surface area is 240 Å². The molecule has 2 aromatic rings. The highest BCUT2D eigenvalue weighted by atomic mass is 16.7. The predicted molar refractivity (Wildman–Crippen MR) is 142 cm³/mol. The van der Waals surface area contributed by atoms with Crippen molar-refractivity contribution in [1.29, 1.82) is 0 Å². The molecule has 5 unspecified atom stereocenters. The maximum Gasteiger partial charge on any atom is 0.202 e. The van der Waals surface area contributed by atoms with E-state index in [-0.39, 0.29) is 34.4 Å². The topological polar surface area (TPSA) is 212 Å². The Bertz CT molecular complexity index is 1450. The highest BCUT2D eigenvalue weighted by molar-refractivity contribution is 6.31. The minimum atomic E-state index is -2.27. The van der Waals surface area contributed by atoms with E-state index in [2.05, 4.69) is 5.32 Å². The van der Waals surface area contributed by atoms with Crippen LogP contribution in [0.5, 0.6) is 17.2 Å². The average molecular weight is 588 g/mol. The number of hydrogen-bond donors (Lipinski definition) is 7. The average Bonchev–Trinajstić information content (AvgIpc) is 2.94. The molecule has 0 radical (unpaired) electrons. The molecule has 3 aliphatic rings. The number of aliphatic hydroxyl groups excluding tert-OH is 3. The molecule has 226 valence electrons. The van der Waals surface area contributed by atoms with Gasteiger partial charge in [-0.15, -0.1) is 0 Å². The summed E-state index contributed by atoms with van der Waals surface area (Å²) in [6.07, 6.45) is -6.37. The van der Waals surface area contributed by atoms with Crippen molar-refractivity contribution in [2.45, 2.75) is 75.6 Å². The molecule has 2 aliphatic carbocycles. The first-order valence-electron chi connectivity index (χ1n) is 13.5. The number of Topliss-reactive ketones (excluding diaryl/α,β-unsaturated/α-hetero) is 1. The smallest absolute Gasteiger partial charge is 0.202 e. The van der Waals surface area contributed by atoms with Gasteiger partial charge in [0.2, 0.25) is 5.78 Å². The molecule has 13 nitrogen and oxygen atoms in total. The predicted octanol–water partition coefficient (Wildman–Crippen LogP) is -0.0295. The van der Waals surface area contributed by atoms with Crippen molar-refractivity contribution in [2.75, 3.05) is 13.7 Å². The number of phenolic OH excluding ortho intramolecular Hbond substituents is 2. The molecule has 1 aliphatic heterocycles. The number of aromatic hydroxyl groups is 2. The number of carbonyl (C=O) groups is 3. The third kappa shape index (κ3) is 4.76. The number of ketones is 3. The lowest BCUT2D eigenvalue weighted by Gasteiger charge is -2.43. The highest BCUT2D eigenvalue weighted by Gasteiger charge is 2.50. The Morgan fingerprint density at radius 1 is 1.17 bits per heavy atom. The van der Waals surface area contributed by atoms with Crippen LogP contribution in [-0.4, -0.2) is 98.1 Å². The number of hydrogen-bond acceptors (Lipinski definition) is 13. The number of nitrogens with one attached hydrogen (secondary N) is 1. The monoisotopic (exact) mass is 587 g/mol. The molecular weight excluding hydrogens is 554 g/mol. The molecule has 0 amide bonds. The Kier molecular flexibility index (Phi) is 7.87. The van der Waals surface area contributed by atoms with E-state index in [1.807, 2.05) is 0 Å². The largest absolute Gasteiger partial charge is 0.507 e. The second kappa shape index (κ2) is 11.0. The van der Waals surface area contributed by atoms with Crippen molar-refractivity contribution in [1.82, 2.24) is 5.32 Å². The summed E-state index contributed by atoms with van der Waals surface area (Å²) in [5, 5.41) is 67.0. The molecule has 5 rings (SSSR count). The minimum Gasteiger partial charge on any atom is -0.507 e. The van der Waals surface area contributed by atoms with Crippen molar-refractivity contribution in [3.05, 3.63) is 51.6 Å². The Morgan fingerprint density at radius 2 is 1.86 bits per heavy atom. The maximum absolute atomic E-state index is 13.7. The van der Waals surface area contributed by atoms with Crippen LogP contribution in [0.4, 0.5) is 0 Å². The third-order valence-corrected chi connectivity index (χ3v) is 8.22. The molecule has 1 saturated heterocycles. The molecule has 1 heterocycles. The summed E-state index contributed by atoms with van der Waals surface area (Å²) in [5.74, 6) is -3.87. The van der Waals surface area contributed by atoms with Gasteiger partial charge in [-0.2, -0.15) is 0 Å². The van der Waals surface area contributed by atoms with Gasteiger partial charge in [0.05, 0.1) is 42.1 Å². The van der Waals surface area contributed by atoms with Gasteiger partial charge in [-0.1, -0.05) is 12.1 Å². The summed E-state index contributed by atoms with van der Waals surface area (Å²) in [7, 11) is 1.32. The number of benzene rings is 2. The van der Waals surface area contributed by atoms with Gasteiger partial charge in [-0.05, 0) is 19.9 Å². The van der Waals surface area contributed by atoms with E-state index in [9.17, 15) is 45.0 Å². The van der Waals surface area contributed by atoms with Gasteiger partial charge in [0.1, 0.15) is 35.7 Å². The quantitative estimate of drug-likeness (QED) is 0.143. The first-order chi connectivity index (χ1) is 19.8. The van der Waals surface area contributed by atoms with E-state index in [1.165, 1.54) is 32.2 Å². The van der Waals surface area contributed by atoms with E-state index in [0.717, 1.165) is 0 Å². The lowest BCUT2D eigenvalue weighted by Crippen LogP contribution is -2.56. The molecule has 0 spiro atoms. The lowest BCUT2D eigenvalue weighted by atomic mass is 9.72. The summed E-state index contributed by atoms with van der Waals surface area (Å²) in [6, 6.07) is 3.66. The van der Waals surface area contributed by atoms with Gasteiger partial charge < -0.3 is 44.8 Å².